The molecule has 0 unspecified atom stereocenters. The van der Waals surface area contributed by atoms with Crippen molar-refractivity contribution in [2.24, 2.45) is 0 Å². The van der Waals surface area contributed by atoms with Crippen LogP contribution < -0.4 is 5.56 Å². The fourth-order valence-electron chi connectivity index (χ4n) is 3.43. The molecule has 0 amide bonds. The summed E-state index contributed by atoms with van der Waals surface area (Å²) >= 11 is 0. The van der Waals surface area contributed by atoms with Gasteiger partial charge in [-0.3, -0.25) is 4.79 Å². The minimum absolute atomic E-state index is 0.205. The Morgan fingerprint density at radius 3 is 1.70 bits per heavy atom. The van der Waals surface area contributed by atoms with Gasteiger partial charge in [-0.2, -0.15) is 4.98 Å². The second-order valence-corrected chi connectivity index (χ2v) is 6.31. The van der Waals surface area contributed by atoms with Gasteiger partial charge < -0.3 is 4.57 Å². The maximum absolute atomic E-state index is 13.2. The van der Waals surface area contributed by atoms with Crippen molar-refractivity contribution >= 4 is 0 Å². The van der Waals surface area contributed by atoms with Crippen LogP contribution in [0.2, 0.25) is 0 Å². The van der Waals surface area contributed by atoms with Crippen LogP contribution in [0, 0.1) is 0 Å². The molecule has 0 aliphatic heterocycles. The maximum Gasteiger partial charge on any atom is 0.281 e. The Morgan fingerprint density at radius 1 is 0.704 bits per heavy atom. The van der Waals surface area contributed by atoms with E-state index in [-0.39, 0.29) is 5.56 Å². The molecule has 0 radical (unpaired) electrons. The average molecular weight is 352 g/mol. The molecular weight excluding hydrogens is 332 g/mol. The van der Waals surface area contributed by atoms with E-state index in [4.69, 9.17) is 0 Å². The number of aromatic nitrogens is 2. The third-order valence-electron chi connectivity index (χ3n) is 4.64. The van der Waals surface area contributed by atoms with Gasteiger partial charge in [-0.25, -0.2) is 0 Å². The summed E-state index contributed by atoms with van der Waals surface area (Å²) in [5.41, 5.74) is 4.17. The molecule has 0 aliphatic carbocycles. The monoisotopic (exact) mass is 352 g/mol. The molecule has 0 saturated heterocycles. The normalized spacial score (nSPS) is 10.7. The van der Waals surface area contributed by atoms with Crippen LogP contribution in [0.15, 0.2) is 95.8 Å². The molecule has 0 N–H and O–H groups in total. The summed E-state index contributed by atoms with van der Waals surface area (Å²) in [4.78, 5) is 17.6. The van der Waals surface area contributed by atoms with Crippen LogP contribution >= 0.6 is 0 Å². The Labute approximate surface area is 158 Å². The van der Waals surface area contributed by atoms with Crippen LogP contribution in [-0.2, 0) is 6.54 Å². The van der Waals surface area contributed by atoms with Crippen LogP contribution in [0.1, 0.15) is 6.92 Å². The van der Waals surface area contributed by atoms with Crippen molar-refractivity contribution in [2.75, 3.05) is 0 Å². The average Bonchev–Trinajstić information content (AvgIpc) is 2.75. The van der Waals surface area contributed by atoms with Crippen LogP contribution in [0.5, 0.6) is 0 Å². The molecule has 0 fully saturated rings. The highest BCUT2D eigenvalue weighted by Gasteiger charge is 2.19. The molecule has 0 bridgehead atoms. The van der Waals surface area contributed by atoms with E-state index in [0.29, 0.717) is 17.9 Å². The molecule has 4 aromatic rings. The van der Waals surface area contributed by atoms with Gasteiger partial charge in [-0.05, 0) is 18.1 Å². The Kier molecular flexibility index (Phi) is 4.67. The van der Waals surface area contributed by atoms with E-state index in [1.165, 1.54) is 0 Å². The van der Waals surface area contributed by atoms with Gasteiger partial charge >= 0.3 is 0 Å². The van der Waals surface area contributed by atoms with E-state index in [0.717, 1.165) is 22.4 Å². The van der Waals surface area contributed by atoms with Crippen LogP contribution in [-0.4, -0.2) is 9.55 Å². The summed E-state index contributed by atoms with van der Waals surface area (Å²) in [7, 11) is 0. The summed E-state index contributed by atoms with van der Waals surface area (Å²) in [5, 5.41) is 0. The predicted octanol–water partition coefficient (Wildman–Crippen LogP) is 5.26. The molecular formula is C24H20N2O. The lowest BCUT2D eigenvalue weighted by atomic mass is 9.99. The first-order valence-electron chi connectivity index (χ1n) is 9.10. The molecule has 0 aliphatic rings. The third-order valence-corrected chi connectivity index (χ3v) is 4.64. The third kappa shape index (κ3) is 3.20. The molecule has 27 heavy (non-hydrogen) atoms. The minimum atomic E-state index is -0.205. The van der Waals surface area contributed by atoms with E-state index in [9.17, 15) is 4.79 Å². The molecule has 3 heteroatoms. The highest BCUT2D eigenvalue weighted by atomic mass is 16.1. The summed E-state index contributed by atoms with van der Waals surface area (Å²) in [6.45, 7) is 2.79. The summed E-state index contributed by atoms with van der Waals surface area (Å²) in [6, 6.07) is 29.7. The molecule has 132 valence electrons. The second-order valence-electron chi connectivity index (χ2n) is 6.31. The van der Waals surface area contributed by atoms with Gasteiger partial charge in [0.05, 0.1) is 11.3 Å². The summed E-state index contributed by atoms with van der Waals surface area (Å²) < 4.78 is 2.13. The smallest absolute Gasteiger partial charge is 0.281 e. The summed E-state index contributed by atoms with van der Waals surface area (Å²) in [6.07, 6.45) is 0. The molecule has 0 spiro atoms. The van der Waals surface area contributed by atoms with Gasteiger partial charge in [0.2, 0.25) is 0 Å². The Hall–Kier alpha value is -3.46. The van der Waals surface area contributed by atoms with Gasteiger partial charge in [-0.1, -0.05) is 91.0 Å². The largest absolute Gasteiger partial charge is 0.325 e. The van der Waals surface area contributed by atoms with Crippen molar-refractivity contribution in [3.05, 3.63) is 101 Å². The number of benzene rings is 3. The zero-order valence-corrected chi connectivity index (χ0v) is 15.2. The standard InChI is InChI=1S/C24H20N2O/c1-2-26-22(19-14-8-4-9-15-19)21(18-12-6-3-7-13-18)24(27)25-23(26)20-16-10-5-11-17-20/h3-17H,2H2,1H3. The number of nitrogens with zero attached hydrogens (tertiary/aromatic N) is 2. The van der Waals surface area contributed by atoms with Gasteiger partial charge in [-0.15, -0.1) is 0 Å². The second kappa shape index (κ2) is 7.42. The molecule has 0 saturated carbocycles. The molecule has 4 rings (SSSR count). The molecule has 1 aromatic heterocycles. The Morgan fingerprint density at radius 2 is 1.19 bits per heavy atom. The fourth-order valence-corrected chi connectivity index (χ4v) is 3.43. The van der Waals surface area contributed by atoms with Gasteiger partial charge in [0, 0.05) is 12.1 Å². The van der Waals surface area contributed by atoms with Crippen molar-refractivity contribution in [1.82, 2.24) is 9.55 Å². The first kappa shape index (κ1) is 17.0. The van der Waals surface area contributed by atoms with Crippen molar-refractivity contribution in [3.8, 4) is 33.8 Å². The number of rotatable bonds is 4. The van der Waals surface area contributed by atoms with Crippen molar-refractivity contribution in [1.29, 1.82) is 0 Å². The molecule has 3 aromatic carbocycles. The zero-order chi connectivity index (χ0) is 18.6. The van der Waals surface area contributed by atoms with Crippen molar-refractivity contribution < 1.29 is 0 Å². The fraction of sp³-hybridized carbons (Fsp3) is 0.0833. The van der Waals surface area contributed by atoms with Gasteiger partial charge in [0.25, 0.3) is 5.56 Å². The van der Waals surface area contributed by atoms with Crippen molar-refractivity contribution in [3.63, 3.8) is 0 Å². The Balaban J connectivity index is 2.11. The van der Waals surface area contributed by atoms with Crippen LogP contribution in [0.25, 0.3) is 33.8 Å². The maximum atomic E-state index is 13.2. The molecule has 0 atom stereocenters. The van der Waals surface area contributed by atoms with Crippen molar-refractivity contribution in [2.45, 2.75) is 13.5 Å². The lowest BCUT2D eigenvalue weighted by Gasteiger charge is -2.20. The number of hydrogen-bond donors (Lipinski definition) is 0. The quantitative estimate of drug-likeness (QED) is 0.502. The number of hydrogen-bond acceptors (Lipinski definition) is 2. The summed E-state index contributed by atoms with van der Waals surface area (Å²) in [5.74, 6) is 0.696. The topological polar surface area (TPSA) is 34.9 Å². The van der Waals surface area contributed by atoms with Gasteiger partial charge in [0.15, 0.2) is 0 Å². The predicted molar refractivity (Wildman–Crippen MR) is 110 cm³/mol. The first-order chi connectivity index (χ1) is 13.3. The van der Waals surface area contributed by atoms with Crippen LogP contribution in [0.3, 0.4) is 0 Å². The highest BCUT2D eigenvalue weighted by molar-refractivity contribution is 5.82. The van der Waals surface area contributed by atoms with E-state index in [1.807, 2.05) is 91.0 Å². The minimum Gasteiger partial charge on any atom is -0.325 e. The molecule has 1 heterocycles. The highest BCUT2D eigenvalue weighted by Crippen LogP contribution is 2.32. The van der Waals surface area contributed by atoms with E-state index in [2.05, 4.69) is 16.5 Å². The van der Waals surface area contributed by atoms with Gasteiger partial charge in [0.1, 0.15) is 5.82 Å². The molecule has 3 nitrogen and oxygen atoms in total. The van der Waals surface area contributed by atoms with E-state index in [1.54, 1.807) is 0 Å². The van der Waals surface area contributed by atoms with Crippen LogP contribution in [0.4, 0.5) is 0 Å². The first-order valence-corrected chi connectivity index (χ1v) is 9.10. The zero-order valence-electron chi connectivity index (χ0n) is 15.2. The van der Waals surface area contributed by atoms with E-state index >= 15 is 0 Å². The SMILES string of the molecule is CCn1c(-c2ccccc2)nc(=O)c(-c2ccccc2)c1-c1ccccc1. The van der Waals surface area contributed by atoms with E-state index < -0.39 is 0 Å². The lowest BCUT2D eigenvalue weighted by molar-refractivity contribution is 0.751. The lowest BCUT2D eigenvalue weighted by Crippen LogP contribution is -2.20. The Bertz CT molecular complexity index is 1100.